The minimum atomic E-state index is -0.982. The van der Waals surface area contributed by atoms with Crippen LogP contribution < -0.4 is 10.6 Å². The van der Waals surface area contributed by atoms with Crippen molar-refractivity contribution in [2.45, 2.75) is 6.04 Å². The molecule has 1 atom stereocenters. The molecule has 1 aromatic heterocycles. The number of nitrogens with two attached hydrogens (primary N) is 1. The highest BCUT2D eigenvalue weighted by Gasteiger charge is 2.27. The minimum absolute atomic E-state index is 0.114. The highest BCUT2D eigenvalue weighted by atomic mass is 35.5. The van der Waals surface area contributed by atoms with E-state index in [4.69, 9.17) is 22.3 Å². The minimum Gasteiger partial charge on any atom is -0.478 e. The molecule has 3 aromatic carbocycles. The molecule has 2 heterocycles. The van der Waals surface area contributed by atoms with Gasteiger partial charge >= 0.3 is 5.97 Å². The summed E-state index contributed by atoms with van der Waals surface area (Å²) in [7, 11) is 0. The summed E-state index contributed by atoms with van der Waals surface area (Å²) in [5, 5.41) is 11.1. The predicted octanol–water partition coefficient (Wildman–Crippen LogP) is 5.08. The van der Waals surface area contributed by atoms with Crippen molar-refractivity contribution in [1.82, 2.24) is 9.88 Å². The fourth-order valence-electron chi connectivity index (χ4n) is 4.67. The second-order valence-electron chi connectivity index (χ2n) is 8.50. The van der Waals surface area contributed by atoms with Crippen LogP contribution in [0.5, 0.6) is 0 Å². The molecule has 1 aliphatic heterocycles. The number of hydrogen-bond acceptors (Lipinski definition) is 5. The second-order valence-corrected chi connectivity index (χ2v) is 8.93. The number of aromatic carboxylic acids is 1. The van der Waals surface area contributed by atoms with Crippen LogP contribution in [-0.4, -0.2) is 47.1 Å². The van der Waals surface area contributed by atoms with E-state index in [1.54, 1.807) is 24.3 Å². The number of rotatable bonds is 5. The Bertz CT molecular complexity index is 1320. The zero-order valence-corrected chi connectivity index (χ0v) is 19.3. The zero-order valence-electron chi connectivity index (χ0n) is 18.6. The fourth-order valence-corrected chi connectivity index (χ4v) is 4.80. The van der Waals surface area contributed by atoms with Crippen molar-refractivity contribution in [3.8, 4) is 0 Å². The van der Waals surface area contributed by atoms with Crippen molar-refractivity contribution in [2.75, 3.05) is 36.8 Å². The van der Waals surface area contributed by atoms with Crippen molar-refractivity contribution in [3.63, 3.8) is 0 Å². The van der Waals surface area contributed by atoms with Crippen LogP contribution in [0.25, 0.3) is 10.9 Å². The molecule has 0 aliphatic carbocycles. The Kier molecular flexibility index (Phi) is 6.09. The summed E-state index contributed by atoms with van der Waals surface area (Å²) in [6.45, 7) is 3.10. The SMILES string of the molecule is Nc1ccc2nc(N3CCN(C(c4ccccc4)c4ccc(Cl)cc4)CC3)cc(C(=O)O)c2c1. The first-order valence-corrected chi connectivity index (χ1v) is 11.6. The Morgan fingerprint density at radius 3 is 2.26 bits per heavy atom. The van der Waals surface area contributed by atoms with Gasteiger partial charge in [-0.05, 0) is 47.5 Å². The Morgan fingerprint density at radius 1 is 0.912 bits per heavy atom. The first kappa shape index (κ1) is 22.2. The number of piperazine rings is 1. The summed E-state index contributed by atoms with van der Waals surface area (Å²) < 4.78 is 0. The number of anilines is 2. The van der Waals surface area contributed by atoms with Crippen LogP contribution in [0.15, 0.2) is 78.9 Å². The number of pyridine rings is 1. The maximum absolute atomic E-state index is 11.9. The van der Waals surface area contributed by atoms with Crippen LogP contribution in [0.2, 0.25) is 5.02 Å². The molecule has 0 bridgehead atoms. The number of halogens is 1. The van der Waals surface area contributed by atoms with Gasteiger partial charge in [0.25, 0.3) is 0 Å². The molecular formula is C27H25ClN4O2. The van der Waals surface area contributed by atoms with Gasteiger partial charge in [0.05, 0.1) is 17.1 Å². The average molecular weight is 473 g/mol. The van der Waals surface area contributed by atoms with E-state index in [2.05, 4.69) is 46.2 Å². The summed E-state index contributed by atoms with van der Waals surface area (Å²) in [6, 6.07) is 25.5. The summed E-state index contributed by atoms with van der Waals surface area (Å²) >= 11 is 6.14. The van der Waals surface area contributed by atoms with Gasteiger partial charge < -0.3 is 15.7 Å². The number of carboxylic acid groups (broad SMARTS) is 1. The molecular weight excluding hydrogens is 448 g/mol. The van der Waals surface area contributed by atoms with E-state index in [9.17, 15) is 9.90 Å². The van der Waals surface area contributed by atoms with E-state index in [1.807, 2.05) is 18.2 Å². The first-order valence-electron chi connectivity index (χ1n) is 11.2. The molecule has 0 amide bonds. The number of carbonyl (C=O) groups is 1. The lowest BCUT2D eigenvalue weighted by atomic mass is 9.96. The van der Waals surface area contributed by atoms with Gasteiger partial charge in [-0.25, -0.2) is 9.78 Å². The first-order chi connectivity index (χ1) is 16.5. The maximum Gasteiger partial charge on any atom is 0.336 e. The molecule has 172 valence electrons. The highest BCUT2D eigenvalue weighted by molar-refractivity contribution is 6.30. The van der Waals surface area contributed by atoms with Crippen LogP contribution >= 0.6 is 11.6 Å². The Balaban J connectivity index is 1.42. The maximum atomic E-state index is 11.9. The van der Waals surface area contributed by atoms with Gasteiger partial charge in [0.1, 0.15) is 5.82 Å². The molecule has 0 saturated carbocycles. The van der Waals surface area contributed by atoms with Crippen molar-refractivity contribution in [1.29, 1.82) is 0 Å². The summed E-state index contributed by atoms with van der Waals surface area (Å²) in [6.07, 6.45) is 0. The summed E-state index contributed by atoms with van der Waals surface area (Å²) in [5.74, 6) is -0.304. The van der Waals surface area contributed by atoms with Gasteiger partial charge in [-0.15, -0.1) is 0 Å². The van der Waals surface area contributed by atoms with E-state index >= 15 is 0 Å². The van der Waals surface area contributed by atoms with Crippen LogP contribution in [0, 0.1) is 0 Å². The number of fused-ring (bicyclic) bond motifs is 1. The largest absolute Gasteiger partial charge is 0.478 e. The number of benzene rings is 3. The standard InChI is InChI=1S/C27H25ClN4O2/c28-20-8-6-19(7-9-20)26(18-4-2-1-3-5-18)32-14-12-31(13-15-32)25-17-23(27(33)34)22-16-21(29)10-11-24(22)30-25/h1-11,16-17,26H,12-15,29H2,(H,33,34). The Hall–Kier alpha value is -3.61. The second kappa shape index (κ2) is 9.33. The Labute approximate surface area is 203 Å². The topological polar surface area (TPSA) is 82.7 Å². The summed E-state index contributed by atoms with van der Waals surface area (Å²) in [5.41, 5.74) is 9.68. The fraction of sp³-hybridized carbons (Fsp3) is 0.185. The molecule has 7 heteroatoms. The van der Waals surface area contributed by atoms with Crippen LogP contribution in [-0.2, 0) is 0 Å². The third kappa shape index (κ3) is 4.42. The molecule has 5 rings (SSSR count). The average Bonchev–Trinajstić information content (AvgIpc) is 2.86. The molecule has 34 heavy (non-hydrogen) atoms. The van der Waals surface area contributed by atoms with Gasteiger partial charge in [0, 0.05) is 42.3 Å². The molecule has 1 aliphatic rings. The van der Waals surface area contributed by atoms with Crippen LogP contribution in [0.4, 0.5) is 11.5 Å². The number of aromatic nitrogens is 1. The Morgan fingerprint density at radius 2 is 1.59 bits per heavy atom. The monoisotopic (exact) mass is 472 g/mol. The van der Waals surface area contributed by atoms with Gasteiger partial charge in [0.2, 0.25) is 0 Å². The third-order valence-corrected chi connectivity index (χ3v) is 6.61. The molecule has 0 spiro atoms. The summed E-state index contributed by atoms with van der Waals surface area (Å²) in [4.78, 5) is 21.3. The predicted molar refractivity (Wildman–Crippen MR) is 137 cm³/mol. The van der Waals surface area contributed by atoms with Crippen molar-refractivity contribution in [3.05, 3.63) is 101 Å². The van der Waals surface area contributed by atoms with Gasteiger partial charge in [-0.2, -0.15) is 0 Å². The lowest BCUT2D eigenvalue weighted by Crippen LogP contribution is -2.48. The third-order valence-electron chi connectivity index (χ3n) is 6.35. The molecule has 6 nitrogen and oxygen atoms in total. The molecule has 1 saturated heterocycles. The van der Waals surface area contributed by atoms with E-state index in [0.717, 1.165) is 31.2 Å². The highest BCUT2D eigenvalue weighted by Crippen LogP contribution is 2.32. The van der Waals surface area contributed by atoms with Crippen LogP contribution in [0.3, 0.4) is 0 Å². The van der Waals surface area contributed by atoms with E-state index < -0.39 is 5.97 Å². The van der Waals surface area contributed by atoms with Gasteiger partial charge in [-0.3, -0.25) is 4.90 Å². The lowest BCUT2D eigenvalue weighted by molar-refractivity contribution is 0.0699. The molecule has 3 N–H and O–H groups in total. The van der Waals surface area contributed by atoms with Crippen molar-refractivity contribution >= 4 is 40.0 Å². The molecule has 0 radical (unpaired) electrons. The quantitative estimate of drug-likeness (QED) is 0.394. The smallest absolute Gasteiger partial charge is 0.336 e. The van der Waals surface area contributed by atoms with Crippen LogP contribution in [0.1, 0.15) is 27.5 Å². The number of hydrogen-bond donors (Lipinski definition) is 2. The van der Waals surface area contributed by atoms with Gasteiger partial charge in [-0.1, -0.05) is 54.1 Å². The normalized spacial score (nSPS) is 15.4. The number of carboxylic acids is 1. The molecule has 1 unspecified atom stereocenters. The van der Waals surface area contributed by atoms with E-state index in [-0.39, 0.29) is 11.6 Å². The van der Waals surface area contributed by atoms with E-state index in [0.29, 0.717) is 22.4 Å². The van der Waals surface area contributed by atoms with Crippen molar-refractivity contribution < 1.29 is 9.90 Å². The van der Waals surface area contributed by atoms with Gasteiger partial charge in [0.15, 0.2) is 0 Å². The lowest BCUT2D eigenvalue weighted by Gasteiger charge is -2.40. The van der Waals surface area contributed by atoms with Crippen molar-refractivity contribution in [2.24, 2.45) is 0 Å². The number of nitrogen functional groups attached to an aromatic ring is 1. The number of nitrogens with zero attached hydrogens (tertiary/aromatic N) is 3. The molecule has 4 aromatic rings. The van der Waals surface area contributed by atoms with E-state index in [1.165, 1.54) is 11.1 Å². The molecule has 1 fully saturated rings. The zero-order chi connectivity index (χ0) is 23.7.